The first-order valence-corrected chi connectivity index (χ1v) is 7.68. The molecule has 1 aromatic carbocycles. The van der Waals surface area contributed by atoms with Gasteiger partial charge < -0.3 is 15.0 Å². The molecule has 1 aliphatic rings. The van der Waals surface area contributed by atoms with Gasteiger partial charge in [-0.3, -0.25) is 4.79 Å². The molecule has 2 rings (SSSR count). The standard InChI is InChI=1S/C17H23N3O2/c1-20(17(13-18)10-6-3-7-11-17)16(21)12-19-14-8-4-5-9-15(14)22-2/h4-5,8-9,19H,3,6-7,10-12H2,1-2H3. The van der Waals surface area contributed by atoms with Crippen molar-refractivity contribution in [1.29, 1.82) is 5.26 Å². The normalized spacial score (nSPS) is 16.4. The van der Waals surface area contributed by atoms with Crippen LogP contribution in [0.15, 0.2) is 24.3 Å². The van der Waals surface area contributed by atoms with Crippen molar-refractivity contribution in [2.24, 2.45) is 0 Å². The predicted octanol–water partition coefficient (Wildman–Crippen LogP) is 2.79. The number of rotatable bonds is 5. The lowest BCUT2D eigenvalue weighted by molar-refractivity contribution is -0.132. The number of nitriles is 1. The molecule has 0 unspecified atom stereocenters. The van der Waals surface area contributed by atoms with Crippen molar-refractivity contribution < 1.29 is 9.53 Å². The SMILES string of the molecule is COc1ccccc1NCC(=O)N(C)C1(C#N)CCCCC1. The Labute approximate surface area is 131 Å². The van der Waals surface area contributed by atoms with Crippen molar-refractivity contribution in [3.8, 4) is 11.8 Å². The zero-order valence-corrected chi connectivity index (χ0v) is 13.3. The molecule has 0 bridgehead atoms. The summed E-state index contributed by atoms with van der Waals surface area (Å²) < 4.78 is 5.26. The number of amides is 1. The van der Waals surface area contributed by atoms with E-state index in [1.54, 1.807) is 19.1 Å². The maximum atomic E-state index is 12.5. The second-order valence-electron chi connectivity index (χ2n) is 5.71. The Morgan fingerprint density at radius 2 is 2.05 bits per heavy atom. The first-order chi connectivity index (χ1) is 10.6. The number of carbonyl (C=O) groups is 1. The van der Waals surface area contributed by atoms with E-state index in [1.165, 1.54) is 0 Å². The van der Waals surface area contributed by atoms with Gasteiger partial charge in [-0.2, -0.15) is 5.26 Å². The number of nitrogens with zero attached hydrogens (tertiary/aromatic N) is 2. The minimum absolute atomic E-state index is 0.0747. The number of carbonyl (C=O) groups excluding carboxylic acids is 1. The summed E-state index contributed by atoms with van der Waals surface area (Å²) in [5.74, 6) is 0.625. The minimum atomic E-state index is -0.641. The van der Waals surface area contributed by atoms with Gasteiger partial charge in [-0.15, -0.1) is 0 Å². The average molecular weight is 301 g/mol. The van der Waals surface area contributed by atoms with Crippen LogP contribution in [0, 0.1) is 11.3 Å². The second kappa shape index (κ2) is 7.17. The molecule has 22 heavy (non-hydrogen) atoms. The van der Waals surface area contributed by atoms with Crippen LogP contribution in [0.3, 0.4) is 0 Å². The largest absolute Gasteiger partial charge is 0.495 e. The molecular formula is C17H23N3O2. The highest BCUT2D eigenvalue weighted by Crippen LogP contribution is 2.32. The third-order valence-corrected chi connectivity index (χ3v) is 4.44. The van der Waals surface area contributed by atoms with E-state index in [9.17, 15) is 10.1 Å². The monoisotopic (exact) mass is 301 g/mol. The summed E-state index contributed by atoms with van der Waals surface area (Å²) in [6.07, 6.45) is 4.68. The Hall–Kier alpha value is -2.22. The van der Waals surface area contributed by atoms with E-state index in [0.717, 1.165) is 37.8 Å². The van der Waals surface area contributed by atoms with Crippen LogP contribution in [0.4, 0.5) is 5.69 Å². The number of ether oxygens (including phenoxy) is 1. The van der Waals surface area contributed by atoms with Gasteiger partial charge in [-0.1, -0.05) is 31.4 Å². The molecule has 1 amide bonds. The van der Waals surface area contributed by atoms with E-state index in [-0.39, 0.29) is 12.5 Å². The van der Waals surface area contributed by atoms with Gasteiger partial charge in [0.05, 0.1) is 25.4 Å². The van der Waals surface area contributed by atoms with E-state index < -0.39 is 5.54 Å². The molecule has 0 spiro atoms. The van der Waals surface area contributed by atoms with Crippen LogP contribution >= 0.6 is 0 Å². The summed E-state index contributed by atoms with van der Waals surface area (Å²) in [5, 5.41) is 12.6. The van der Waals surface area contributed by atoms with Gasteiger partial charge in [0, 0.05) is 7.05 Å². The van der Waals surface area contributed by atoms with Crippen molar-refractivity contribution in [1.82, 2.24) is 4.90 Å². The summed E-state index contributed by atoms with van der Waals surface area (Å²) in [6, 6.07) is 9.85. The van der Waals surface area contributed by atoms with Crippen LogP contribution < -0.4 is 10.1 Å². The van der Waals surface area contributed by atoms with Crippen LogP contribution in [-0.4, -0.2) is 37.0 Å². The first kappa shape index (κ1) is 16.2. The lowest BCUT2D eigenvalue weighted by Gasteiger charge is -2.39. The van der Waals surface area contributed by atoms with Crippen LogP contribution in [0.1, 0.15) is 32.1 Å². The minimum Gasteiger partial charge on any atom is -0.495 e. The lowest BCUT2D eigenvalue weighted by Crippen LogP contribution is -2.51. The fraction of sp³-hybridized carbons (Fsp3) is 0.529. The van der Waals surface area contributed by atoms with Crippen LogP contribution in [0.2, 0.25) is 0 Å². The second-order valence-corrected chi connectivity index (χ2v) is 5.71. The van der Waals surface area contributed by atoms with Gasteiger partial charge in [0.1, 0.15) is 11.3 Å². The number of hydrogen-bond donors (Lipinski definition) is 1. The average Bonchev–Trinajstić information content (AvgIpc) is 2.59. The fourth-order valence-electron chi connectivity index (χ4n) is 2.98. The Bertz CT molecular complexity index is 559. The van der Waals surface area contributed by atoms with Gasteiger partial charge in [-0.25, -0.2) is 0 Å². The van der Waals surface area contributed by atoms with Crippen molar-refractivity contribution in [3.05, 3.63) is 24.3 Å². The van der Waals surface area contributed by atoms with Crippen LogP contribution in [0.5, 0.6) is 5.75 Å². The van der Waals surface area contributed by atoms with E-state index >= 15 is 0 Å². The van der Waals surface area contributed by atoms with E-state index in [1.807, 2.05) is 24.3 Å². The number of anilines is 1. The summed E-state index contributed by atoms with van der Waals surface area (Å²) in [6.45, 7) is 0.153. The van der Waals surface area contributed by atoms with Crippen molar-refractivity contribution >= 4 is 11.6 Å². The Morgan fingerprint density at radius 1 is 1.36 bits per heavy atom. The molecule has 1 saturated carbocycles. The maximum absolute atomic E-state index is 12.5. The maximum Gasteiger partial charge on any atom is 0.242 e. The highest BCUT2D eigenvalue weighted by atomic mass is 16.5. The molecule has 1 aromatic rings. The molecule has 1 aliphatic carbocycles. The molecule has 0 aliphatic heterocycles. The van der Waals surface area contributed by atoms with Crippen molar-refractivity contribution in [2.75, 3.05) is 26.0 Å². The zero-order chi connectivity index (χ0) is 16.0. The quantitative estimate of drug-likeness (QED) is 0.908. The number of nitrogens with one attached hydrogen (secondary N) is 1. The summed E-state index contributed by atoms with van der Waals surface area (Å²) in [4.78, 5) is 14.1. The van der Waals surface area contributed by atoms with Crippen LogP contribution in [-0.2, 0) is 4.79 Å². The predicted molar refractivity (Wildman–Crippen MR) is 85.7 cm³/mol. The summed E-state index contributed by atoms with van der Waals surface area (Å²) in [7, 11) is 3.34. The summed E-state index contributed by atoms with van der Waals surface area (Å²) >= 11 is 0. The van der Waals surface area contributed by atoms with Crippen LogP contribution in [0.25, 0.3) is 0 Å². The zero-order valence-electron chi connectivity index (χ0n) is 13.3. The topological polar surface area (TPSA) is 65.4 Å². The molecule has 5 nitrogen and oxygen atoms in total. The third kappa shape index (κ3) is 3.33. The van der Waals surface area contributed by atoms with Crippen molar-refractivity contribution in [2.45, 2.75) is 37.6 Å². The molecule has 0 saturated heterocycles. The summed E-state index contributed by atoms with van der Waals surface area (Å²) in [5.41, 5.74) is 0.138. The molecule has 1 fully saturated rings. The highest BCUT2D eigenvalue weighted by molar-refractivity contribution is 5.82. The molecule has 0 aromatic heterocycles. The van der Waals surface area contributed by atoms with Crippen molar-refractivity contribution in [3.63, 3.8) is 0 Å². The number of methoxy groups -OCH3 is 1. The highest BCUT2D eigenvalue weighted by Gasteiger charge is 2.38. The molecule has 0 atom stereocenters. The lowest BCUT2D eigenvalue weighted by atomic mass is 9.81. The van der Waals surface area contributed by atoms with Gasteiger partial charge >= 0.3 is 0 Å². The van der Waals surface area contributed by atoms with Gasteiger partial charge in [0.2, 0.25) is 5.91 Å². The van der Waals surface area contributed by atoms with E-state index in [0.29, 0.717) is 5.75 Å². The van der Waals surface area contributed by atoms with E-state index in [2.05, 4.69) is 11.4 Å². The van der Waals surface area contributed by atoms with Gasteiger partial charge in [0.15, 0.2) is 0 Å². The molecule has 0 radical (unpaired) electrons. The molecule has 1 N–H and O–H groups in total. The molecule has 118 valence electrons. The van der Waals surface area contributed by atoms with Gasteiger partial charge in [0.25, 0.3) is 0 Å². The number of benzene rings is 1. The number of hydrogen-bond acceptors (Lipinski definition) is 4. The molecule has 5 heteroatoms. The Morgan fingerprint density at radius 3 is 2.68 bits per heavy atom. The molecule has 0 heterocycles. The molecular weight excluding hydrogens is 278 g/mol. The smallest absolute Gasteiger partial charge is 0.242 e. The Balaban J connectivity index is 2.01. The number of para-hydroxylation sites is 2. The Kier molecular flexibility index (Phi) is 5.26. The number of likely N-dealkylation sites (N-methyl/N-ethyl adjacent to an activating group) is 1. The van der Waals surface area contributed by atoms with Gasteiger partial charge in [-0.05, 0) is 25.0 Å². The first-order valence-electron chi connectivity index (χ1n) is 7.68. The van der Waals surface area contributed by atoms with E-state index in [4.69, 9.17) is 4.74 Å². The third-order valence-electron chi connectivity index (χ3n) is 4.44. The fourth-order valence-corrected chi connectivity index (χ4v) is 2.98.